The van der Waals surface area contributed by atoms with Crippen LogP contribution >= 0.6 is 11.3 Å². The summed E-state index contributed by atoms with van der Waals surface area (Å²) in [5, 5.41) is 0.438. The fourth-order valence-electron chi connectivity index (χ4n) is 3.05. The number of rotatable bonds is 5. The molecule has 2 aromatic rings. The molecule has 7 heteroatoms. The summed E-state index contributed by atoms with van der Waals surface area (Å²) >= 11 is 1.26. The summed E-state index contributed by atoms with van der Waals surface area (Å²) in [4.78, 5) is 19.6. The van der Waals surface area contributed by atoms with Crippen molar-refractivity contribution in [1.29, 1.82) is 0 Å². The fraction of sp³-hybridized carbons (Fsp3) is 0.444. The molecule has 0 saturated carbocycles. The standard InChI is InChI=1S/C18H22FN3O2S/c1-2-15-16(25-18(20)21-15)17(23)22-9-3-4-12(10-22)11-24-14-7-5-13(19)6-8-14/h5-8,12H,2-4,9-11H2,1H3,(H2,20,21). The maximum absolute atomic E-state index is 12.9. The molecule has 1 aromatic heterocycles. The lowest BCUT2D eigenvalue weighted by atomic mass is 9.98. The van der Waals surface area contributed by atoms with Crippen LogP contribution in [0.1, 0.15) is 35.1 Å². The maximum Gasteiger partial charge on any atom is 0.265 e. The van der Waals surface area contributed by atoms with E-state index < -0.39 is 0 Å². The number of piperidine rings is 1. The van der Waals surface area contributed by atoms with Crippen molar-refractivity contribution < 1.29 is 13.9 Å². The lowest BCUT2D eigenvalue weighted by Gasteiger charge is -2.32. The van der Waals surface area contributed by atoms with E-state index >= 15 is 0 Å². The third-order valence-electron chi connectivity index (χ3n) is 4.35. The van der Waals surface area contributed by atoms with Gasteiger partial charge >= 0.3 is 0 Å². The van der Waals surface area contributed by atoms with E-state index in [4.69, 9.17) is 10.5 Å². The predicted octanol–water partition coefficient (Wildman–Crippen LogP) is 3.36. The topological polar surface area (TPSA) is 68.5 Å². The summed E-state index contributed by atoms with van der Waals surface area (Å²) in [6, 6.07) is 6.00. The van der Waals surface area contributed by atoms with E-state index in [2.05, 4.69) is 4.98 Å². The second-order valence-electron chi connectivity index (χ2n) is 6.21. The second-order valence-corrected chi connectivity index (χ2v) is 7.24. The molecule has 2 N–H and O–H groups in total. The van der Waals surface area contributed by atoms with Crippen molar-refractivity contribution in [3.05, 3.63) is 40.7 Å². The van der Waals surface area contributed by atoms with Crippen LogP contribution in [0.3, 0.4) is 0 Å². The molecule has 25 heavy (non-hydrogen) atoms. The van der Waals surface area contributed by atoms with Gasteiger partial charge in [-0.25, -0.2) is 9.37 Å². The number of aryl methyl sites for hydroxylation is 1. The summed E-state index contributed by atoms with van der Waals surface area (Å²) in [7, 11) is 0. The van der Waals surface area contributed by atoms with Crippen molar-refractivity contribution in [3.8, 4) is 5.75 Å². The minimum Gasteiger partial charge on any atom is -0.493 e. The van der Waals surface area contributed by atoms with E-state index in [1.165, 1.54) is 23.5 Å². The van der Waals surface area contributed by atoms with E-state index in [1.807, 2.05) is 11.8 Å². The number of nitrogen functional groups attached to an aromatic ring is 1. The lowest BCUT2D eigenvalue weighted by molar-refractivity contribution is 0.0637. The largest absolute Gasteiger partial charge is 0.493 e. The van der Waals surface area contributed by atoms with Crippen molar-refractivity contribution >= 4 is 22.4 Å². The van der Waals surface area contributed by atoms with Gasteiger partial charge in [0, 0.05) is 19.0 Å². The number of benzene rings is 1. The molecule has 5 nitrogen and oxygen atoms in total. The number of hydrogen-bond donors (Lipinski definition) is 1. The molecule has 3 rings (SSSR count). The van der Waals surface area contributed by atoms with Crippen molar-refractivity contribution in [2.45, 2.75) is 26.2 Å². The first-order valence-corrected chi connectivity index (χ1v) is 9.31. The summed E-state index contributed by atoms with van der Waals surface area (Å²) in [5.74, 6) is 0.640. The van der Waals surface area contributed by atoms with Crippen LogP contribution in [-0.2, 0) is 6.42 Å². The van der Waals surface area contributed by atoms with Crippen LogP contribution in [-0.4, -0.2) is 35.5 Å². The van der Waals surface area contributed by atoms with E-state index in [9.17, 15) is 9.18 Å². The zero-order valence-electron chi connectivity index (χ0n) is 14.2. The van der Waals surface area contributed by atoms with Crippen LogP contribution in [0.15, 0.2) is 24.3 Å². The Morgan fingerprint density at radius 3 is 2.92 bits per heavy atom. The fourth-order valence-corrected chi connectivity index (χ4v) is 3.94. The van der Waals surface area contributed by atoms with Gasteiger partial charge in [-0.15, -0.1) is 0 Å². The minimum absolute atomic E-state index is 0.0116. The summed E-state index contributed by atoms with van der Waals surface area (Å²) in [5.41, 5.74) is 6.54. The van der Waals surface area contributed by atoms with Crippen molar-refractivity contribution in [3.63, 3.8) is 0 Å². The molecule has 2 heterocycles. The van der Waals surface area contributed by atoms with Crippen LogP contribution in [0.5, 0.6) is 5.75 Å². The van der Waals surface area contributed by atoms with Crippen molar-refractivity contribution in [2.24, 2.45) is 5.92 Å². The number of halogens is 1. The summed E-state index contributed by atoms with van der Waals surface area (Å²) in [6.07, 6.45) is 2.65. The highest BCUT2D eigenvalue weighted by atomic mass is 32.1. The van der Waals surface area contributed by atoms with Gasteiger partial charge in [0.2, 0.25) is 0 Å². The second kappa shape index (κ2) is 7.82. The minimum atomic E-state index is -0.280. The molecule has 1 fully saturated rings. The van der Waals surface area contributed by atoms with Crippen molar-refractivity contribution in [2.75, 3.05) is 25.4 Å². The van der Waals surface area contributed by atoms with Gasteiger partial charge in [0.15, 0.2) is 5.13 Å². The van der Waals surface area contributed by atoms with Gasteiger partial charge in [0.25, 0.3) is 5.91 Å². The molecule has 1 aromatic carbocycles. The molecule has 1 aliphatic heterocycles. The van der Waals surface area contributed by atoms with E-state index in [-0.39, 0.29) is 17.6 Å². The molecule has 134 valence electrons. The van der Waals surface area contributed by atoms with Gasteiger partial charge in [-0.2, -0.15) is 0 Å². The number of carbonyl (C=O) groups excluding carboxylic acids is 1. The Balaban J connectivity index is 1.60. The Kier molecular flexibility index (Phi) is 5.53. The molecule has 0 radical (unpaired) electrons. The first-order chi connectivity index (χ1) is 12.1. The number of aromatic nitrogens is 1. The molecular formula is C18H22FN3O2S. The molecule has 1 amide bonds. The highest BCUT2D eigenvalue weighted by molar-refractivity contribution is 7.17. The van der Waals surface area contributed by atoms with Crippen LogP contribution in [0.2, 0.25) is 0 Å². The first-order valence-electron chi connectivity index (χ1n) is 8.49. The number of likely N-dealkylation sites (tertiary alicyclic amines) is 1. The number of anilines is 1. The molecule has 0 spiro atoms. The van der Waals surface area contributed by atoms with Crippen molar-refractivity contribution in [1.82, 2.24) is 9.88 Å². The van der Waals surface area contributed by atoms with Crippen LogP contribution < -0.4 is 10.5 Å². The number of hydrogen-bond acceptors (Lipinski definition) is 5. The summed E-state index contributed by atoms with van der Waals surface area (Å²) in [6.45, 7) is 3.88. The Hall–Kier alpha value is -2.15. The summed E-state index contributed by atoms with van der Waals surface area (Å²) < 4.78 is 18.7. The normalized spacial score (nSPS) is 17.5. The average Bonchev–Trinajstić information content (AvgIpc) is 3.02. The van der Waals surface area contributed by atoms with Gasteiger partial charge in [0.05, 0.1) is 12.3 Å². The van der Waals surface area contributed by atoms with Crippen LogP contribution in [0.4, 0.5) is 9.52 Å². The highest BCUT2D eigenvalue weighted by Crippen LogP contribution is 2.26. The average molecular weight is 363 g/mol. The quantitative estimate of drug-likeness (QED) is 0.884. The molecule has 0 aliphatic carbocycles. The van der Waals surface area contributed by atoms with Gasteiger partial charge in [-0.3, -0.25) is 4.79 Å². The zero-order valence-corrected chi connectivity index (χ0v) is 15.0. The molecule has 1 unspecified atom stereocenters. The maximum atomic E-state index is 12.9. The Morgan fingerprint density at radius 2 is 2.20 bits per heavy atom. The molecule has 1 aliphatic rings. The van der Waals surface area contributed by atoms with Gasteiger partial charge in [-0.05, 0) is 43.5 Å². The Bertz CT molecular complexity index is 732. The van der Waals surface area contributed by atoms with E-state index in [1.54, 1.807) is 12.1 Å². The third kappa shape index (κ3) is 4.28. The number of nitrogens with two attached hydrogens (primary N) is 1. The zero-order chi connectivity index (χ0) is 17.8. The van der Waals surface area contributed by atoms with Crippen LogP contribution in [0.25, 0.3) is 0 Å². The van der Waals surface area contributed by atoms with E-state index in [0.717, 1.165) is 25.1 Å². The number of thiazole rings is 1. The lowest BCUT2D eigenvalue weighted by Crippen LogP contribution is -2.41. The number of ether oxygens (including phenoxy) is 1. The third-order valence-corrected chi connectivity index (χ3v) is 5.26. The number of nitrogens with zero attached hydrogens (tertiary/aromatic N) is 2. The van der Waals surface area contributed by atoms with Gasteiger partial charge in [0.1, 0.15) is 16.4 Å². The van der Waals surface area contributed by atoms with Crippen LogP contribution in [0, 0.1) is 11.7 Å². The molecule has 1 atom stereocenters. The molecular weight excluding hydrogens is 341 g/mol. The Labute approximate surface area is 150 Å². The molecule has 0 bridgehead atoms. The monoisotopic (exact) mass is 363 g/mol. The number of carbonyl (C=O) groups is 1. The SMILES string of the molecule is CCc1nc(N)sc1C(=O)N1CCCC(COc2ccc(F)cc2)C1. The Morgan fingerprint density at radius 1 is 1.44 bits per heavy atom. The predicted molar refractivity (Wildman–Crippen MR) is 96.4 cm³/mol. The highest BCUT2D eigenvalue weighted by Gasteiger charge is 2.27. The van der Waals surface area contributed by atoms with Gasteiger partial charge in [-0.1, -0.05) is 18.3 Å². The van der Waals surface area contributed by atoms with Gasteiger partial charge < -0.3 is 15.4 Å². The van der Waals surface area contributed by atoms with E-state index in [0.29, 0.717) is 35.3 Å². The molecule has 1 saturated heterocycles. The number of amides is 1. The first kappa shape index (κ1) is 17.7. The smallest absolute Gasteiger partial charge is 0.265 e.